The zero-order valence-electron chi connectivity index (χ0n) is 10.3. The standard InChI is InChI=1S/C14H16BrN3/c1-18(10-11-4-2-5-12(15)8-11)14-6-3-7-17-13(14)9-16/h2-8H,9-10,16H2,1H3. The van der Waals surface area contributed by atoms with Crippen molar-refractivity contribution in [1.82, 2.24) is 4.98 Å². The third kappa shape index (κ3) is 3.09. The summed E-state index contributed by atoms with van der Waals surface area (Å²) in [6, 6.07) is 12.3. The Balaban J connectivity index is 2.19. The van der Waals surface area contributed by atoms with Gasteiger partial charge in [-0.15, -0.1) is 0 Å². The van der Waals surface area contributed by atoms with Crippen molar-refractivity contribution in [2.75, 3.05) is 11.9 Å². The third-order valence-electron chi connectivity index (χ3n) is 2.78. The molecule has 2 aromatic rings. The van der Waals surface area contributed by atoms with Crippen molar-refractivity contribution in [2.24, 2.45) is 5.73 Å². The van der Waals surface area contributed by atoms with Crippen LogP contribution in [-0.4, -0.2) is 12.0 Å². The molecule has 0 amide bonds. The summed E-state index contributed by atoms with van der Waals surface area (Å²) >= 11 is 3.49. The van der Waals surface area contributed by atoms with Crippen molar-refractivity contribution in [3.8, 4) is 0 Å². The number of hydrogen-bond donors (Lipinski definition) is 1. The topological polar surface area (TPSA) is 42.2 Å². The fourth-order valence-electron chi connectivity index (χ4n) is 1.93. The molecule has 0 fully saturated rings. The molecular weight excluding hydrogens is 290 g/mol. The lowest BCUT2D eigenvalue weighted by Gasteiger charge is -2.21. The Morgan fingerprint density at radius 2 is 2.11 bits per heavy atom. The Kier molecular flexibility index (Phi) is 4.33. The molecule has 1 heterocycles. The number of benzene rings is 1. The highest BCUT2D eigenvalue weighted by atomic mass is 79.9. The average molecular weight is 306 g/mol. The van der Waals surface area contributed by atoms with E-state index in [0.717, 1.165) is 22.4 Å². The lowest BCUT2D eigenvalue weighted by Crippen LogP contribution is -2.19. The first-order chi connectivity index (χ1) is 8.70. The van der Waals surface area contributed by atoms with E-state index in [1.807, 2.05) is 24.3 Å². The van der Waals surface area contributed by atoms with Crippen LogP contribution in [0.3, 0.4) is 0 Å². The largest absolute Gasteiger partial charge is 0.369 e. The molecule has 0 aliphatic rings. The first-order valence-electron chi connectivity index (χ1n) is 5.80. The minimum atomic E-state index is 0.457. The number of rotatable bonds is 4. The van der Waals surface area contributed by atoms with E-state index in [-0.39, 0.29) is 0 Å². The van der Waals surface area contributed by atoms with Crippen LogP contribution >= 0.6 is 15.9 Å². The maximum absolute atomic E-state index is 5.71. The SMILES string of the molecule is CN(Cc1cccc(Br)c1)c1cccnc1CN. The molecule has 0 bridgehead atoms. The van der Waals surface area contributed by atoms with E-state index in [0.29, 0.717) is 6.54 Å². The lowest BCUT2D eigenvalue weighted by molar-refractivity contribution is 0.883. The molecule has 1 aromatic heterocycles. The molecule has 18 heavy (non-hydrogen) atoms. The van der Waals surface area contributed by atoms with Gasteiger partial charge in [0.05, 0.1) is 11.4 Å². The van der Waals surface area contributed by atoms with E-state index < -0.39 is 0 Å². The summed E-state index contributed by atoms with van der Waals surface area (Å²) < 4.78 is 1.10. The van der Waals surface area contributed by atoms with Gasteiger partial charge in [-0.1, -0.05) is 28.1 Å². The van der Waals surface area contributed by atoms with Crippen molar-refractivity contribution in [3.63, 3.8) is 0 Å². The van der Waals surface area contributed by atoms with Gasteiger partial charge < -0.3 is 10.6 Å². The normalized spacial score (nSPS) is 10.4. The number of anilines is 1. The Morgan fingerprint density at radius 1 is 1.28 bits per heavy atom. The van der Waals surface area contributed by atoms with E-state index >= 15 is 0 Å². The zero-order chi connectivity index (χ0) is 13.0. The molecule has 0 aliphatic heterocycles. The van der Waals surface area contributed by atoms with Gasteiger partial charge in [-0.2, -0.15) is 0 Å². The highest BCUT2D eigenvalue weighted by molar-refractivity contribution is 9.10. The van der Waals surface area contributed by atoms with Gasteiger partial charge in [0.2, 0.25) is 0 Å². The van der Waals surface area contributed by atoms with Crippen LogP contribution in [0.1, 0.15) is 11.3 Å². The molecule has 0 atom stereocenters. The van der Waals surface area contributed by atoms with E-state index in [4.69, 9.17) is 5.73 Å². The number of halogens is 1. The Bertz CT molecular complexity index is 528. The maximum atomic E-state index is 5.71. The fourth-order valence-corrected chi connectivity index (χ4v) is 2.38. The molecule has 0 saturated carbocycles. The van der Waals surface area contributed by atoms with Crippen LogP contribution in [0.5, 0.6) is 0 Å². The second-order valence-corrected chi connectivity index (χ2v) is 5.08. The van der Waals surface area contributed by atoms with Gasteiger partial charge in [0.25, 0.3) is 0 Å². The molecule has 0 radical (unpaired) electrons. The first kappa shape index (κ1) is 13.1. The zero-order valence-corrected chi connectivity index (χ0v) is 11.9. The monoisotopic (exact) mass is 305 g/mol. The predicted octanol–water partition coefficient (Wildman–Crippen LogP) is 2.94. The van der Waals surface area contributed by atoms with Crippen molar-refractivity contribution in [3.05, 3.63) is 58.3 Å². The molecule has 0 saturated heterocycles. The van der Waals surface area contributed by atoms with Gasteiger partial charge in [0.15, 0.2) is 0 Å². The number of hydrogen-bond acceptors (Lipinski definition) is 3. The highest BCUT2D eigenvalue weighted by Crippen LogP contribution is 2.20. The van der Waals surface area contributed by atoms with E-state index in [1.165, 1.54) is 5.56 Å². The van der Waals surface area contributed by atoms with Crippen LogP contribution in [0.15, 0.2) is 47.1 Å². The minimum Gasteiger partial charge on any atom is -0.369 e. The number of nitrogens with zero attached hydrogens (tertiary/aromatic N) is 2. The summed E-state index contributed by atoms with van der Waals surface area (Å²) in [5.41, 5.74) is 8.97. The van der Waals surface area contributed by atoms with Crippen molar-refractivity contribution >= 4 is 21.6 Å². The smallest absolute Gasteiger partial charge is 0.0772 e. The molecular formula is C14H16BrN3. The molecule has 94 valence electrons. The summed E-state index contributed by atoms with van der Waals surface area (Å²) in [7, 11) is 2.05. The van der Waals surface area contributed by atoms with Crippen molar-refractivity contribution in [2.45, 2.75) is 13.1 Å². The van der Waals surface area contributed by atoms with Crippen LogP contribution in [0.2, 0.25) is 0 Å². The number of pyridine rings is 1. The third-order valence-corrected chi connectivity index (χ3v) is 3.27. The second-order valence-electron chi connectivity index (χ2n) is 4.16. The molecule has 0 aliphatic carbocycles. The molecule has 4 heteroatoms. The van der Waals surface area contributed by atoms with E-state index in [1.54, 1.807) is 6.20 Å². The number of aromatic nitrogens is 1. The molecule has 0 unspecified atom stereocenters. The van der Waals surface area contributed by atoms with Crippen LogP contribution in [0, 0.1) is 0 Å². The molecule has 1 aromatic carbocycles. The quantitative estimate of drug-likeness (QED) is 0.944. The van der Waals surface area contributed by atoms with Gasteiger partial charge >= 0.3 is 0 Å². The Hall–Kier alpha value is -1.39. The summed E-state index contributed by atoms with van der Waals surface area (Å²) in [5.74, 6) is 0. The summed E-state index contributed by atoms with van der Waals surface area (Å²) in [6.45, 7) is 1.29. The Labute approximate surface area is 116 Å². The molecule has 2 N–H and O–H groups in total. The van der Waals surface area contributed by atoms with Gasteiger partial charge in [-0.3, -0.25) is 4.98 Å². The average Bonchev–Trinajstić information content (AvgIpc) is 2.38. The molecule has 0 spiro atoms. The van der Waals surface area contributed by atoms with Crippen LogP contribution in [0.25, 0.3) is 0 Å². The fraction of sp³-hybridized carbons (Fsp3) is 0.214. The van der Waals surface area contributed by atoms with E-state index in [9.17, 15) is 0 Å². The Morgan fingerprint density at radius 3 is 2.83 bits per heavy atom. The predicted molar refractivity (Wildman–Crippen MR) is 78.4 cm³/mol. The van der Waals surface area contributed by atoms with Crippen LogP contribution < -0.4 is 10.6 Å². The van der Waals surface area contributed by atoms with E-state index in [2.05, 4.69) is 45.0 Å². The summed E-state index contributed by atoms with van der Waals surface area (Å²) in [5, 5.41) is 0. The van der Waals surface area contributed by atoms with Gasteiger partial charge in [-0.25, -0.2) is 0 Å². The van der Waals surface area contributed by atoms with Crippen LogP contribution in [0.4, 0.5) is 5.69 Å². The summed E-state index contributed by atoms with van der Waals surface area (Å²) in [4.78, 5) is 6.47. The first-order valence-corrected chi connectivity index (χ1v) is 6.59. The van der Waals surface area contributed by atoms with Crippen LogP contribution in [-0.2, 0) is 13.1 Å². The lowest BCUT2D eigenvalue weighted by atomic mass is 10.2. The van der Waals surface area contributed by atoms with Gasteiger partial charge in [0, 0.05) is 30.8 Å². The summed E-state index contributed by atoms with van der Waals surface area (Å²) in [6.07, 6.45) is 1.78. The van der Waals surface area contributed by atoms with Gasteiger partial charge in [-0.05, 0) is 29.8 Å². The van der Waals surface area contributed by atoms with Crippen molar-refractivity contribution in [1.29, 1.82) is 0 Å². The minimum absolute atomic E-state index is 0.457. The van der Waals surface area contributed by atoms with Gasteiger partial charge in [0.1, 0.15) is 0 Å². The molecule has 3 nitrogen and oxygen atoms in total. The highest BCUT2D eigenvalue weighted by Gasteiger charge is 2.07. The maximum Gasteiger partial charge on any atom is 0.0772 e. The number of nitrogens with two attached hydrogens (primary N) is 1. The molecule has 2 rings (SSSR count). The second kappa shape index (κ2) is 5.98. The van der Waals surface area contributed by atoms with Crippen molar-refractivity contribution < 1.29 is 0 Å².